The summed E-state index contributed by atoms with van der Waals surface area (Å²) in [5.41, 5.74) is 6.11. The largest absolute Gasteiger partial charge is 0.341 e. The first-order valence-corrected chi connectivity index (χ1v) is 13.6. The summed E-state index contributed by atoms with van der Waals surface area (Å²) >= 11 is 0. The molecule has 0 amide bonds. The molecule has 0 spiro atoms. The van der Waals surface area contributed by atoms with Crippen molar-refractivity contribution in [1.29, 1.82) is 0 Å². The zero-order valence-corrected chi connectivity index (χ0v) is 22.7. The second-order valence-electron chi connectivity index (χ2n) is 9.24. The SMILES string of the molecule is CC.CC.CN1CCCC1c1nc2ccc(C#Cc3ccc4nc(C5CCCN5C)[nH]c4c3)cc2[nH]1. The van der Waals surface area contributed by atoms with Crippen molar-refractivity contribution in [3.8, 4) is 11.8 Å². The van der Waals surface area contributed by atoms with Gasteiger partial charge in [-0.05, 0) is 89.3 Å². The summed E-state index contributed by atoms with van der Waals surface area (Å²) in [6.45, 7) is 10.3. The van der Waals surface area contributed by atoms with Crippen LogP contribution in [0.3, 0.4) is 0 Å². The smallest absolute Gasteiger partial charge is 0.124 e. The molecule has 2 unspecified atom stereocenters. The molecule has 6 nitrogen and oxygen atoms in total. The lowest BCUT2D eigenvalue weighted by molar-refractivity contribution is 0.307. The zero-order valence-electron chi connectivity index (χ0n) is 22.7. The Morgan fingerprint density at radius 3 is 1.47 bits per heavy atom. The number of nitrogens with one attached hydrogen (secondary N) is 2. The summed E-state index contributed by atoms with van der Waals surface area (Å²) in [5, 5.41) is 0. The van der Waals surface area contributed by atoms with Crippen LogP contribution in [0.25, 0.3) is 22.1 Å². The van der Waals surface area contributed by atoms with Crippen LogP contribution >= 0.6 is 0 Å². The van der Waals surface area contributed by atoms with Crippen molar-refractivity contribution in [2.45, 2.75) is 65.5 Å². The highest BCUT2D eigenvalue weighted by Gasteiger charge is 2.26. The number of benzene rings is 2. The summed E-state index contributed by atoms with van der Waals surface area (Å²) in [5.74, 6) is 8.78. The van der Waals surface area contributed by atoms with Crippen LogP contribution in [0.2, 0.25) is 0 Å². The Hall–Kier alpha value is -3.14. The van der Waals surface area contributed by atoms with E-state index < -0.39 is 0 Å². The van der Waals surface area contributed by atoms with Gasteiger partial charge in [0.15, 0.2) is 0 Å². The molecule has 2 N–H and O–H groups in total. The number of hydrogen-bond donors (Lipinski definition) is 2. The van der Waals surface area contributed by atoms with E-state index in [9.17, 15) is 0 Å². The molecule has 2 aliphatic heterocycles. The fourth-order valence-electron chi connectivity index (χ4n) is 5.19. The predicted molar refractivity (Wildman–Crippen MR) is 150 cm³/mol. The standard InChI is InChI=1S/C26H28N6.2C2H6/c1-31-13-3-5-23(31)25-27-19-11-9-17(15-21(19)29-25)7-8-18-10-12-20-22(16-18)30-26(28-20)24-6-4-14-32(24)2;2*1-2/h9-12,15-16,23-24H,3-6,13-14H2,1-2H3,(H,27,29)(H,28,30);2*1-2H3. The monoisotopic (exact) mass is 484 g/mol. The van der Waals surface area contributed by atoms with Gasteiger partial charge in [0.05, 0.1) is 34.2 Å². The third-order valence-electron chi connectivity index (χ3n) is 7.02. The van der Waals surface area contributed by atoms with Crippen LogP contribution in [0.5, 0.6) is 0 Å². The molecule has 36 heavy (non-hydrogen) atoms. The van der Waals surface area contributed by atoms with Gasteiger partial charge >= 0.3 is 0 Å². The van der Waals surface area contributed by atoms with Crippen LogP contribution < -0.4 is 0 Å². The van der Waals surface area contributed by atoms with Gasteiger partial charge in [0.25, 0.3) is 0 Å². The van der Waals surface area contributed by atoms with E-state index in [2.05, 4.69) is 82.1 Å². The Balaban J connectivity index is 0.000000726. The van der Waals surface area contributed by atoms with E-state index in [0.717, 1.165) is 70.8 Å². The Bertz CT molecular complexity index is 1250. The summed E-state index contributed by atoms with van der Waals surface area (Å²) in [4.78, 5) is 21.4. The number of hydrogen-bond acceptors (Lipinski definition) is 4. The average Bonchev–Trinajstić information content (AvgIpc) is 3.70. The van der Waals surface area contributed by atoms with Gasteiger partial charge in [-0.25, -0.2) is 9.97 Å². The summed E-state index contributed by atoms with van der Waals surface area (Å²) in [6.07, 6.45) is 4.79. The molecule has 2 saturated heterocycles. The number of aromatic nitrogens is 4. The Kier molecular flexibility index (Phi) is 8.45. The van der Waals surface area contributed by atoms with E-state index in [4.69, 9.17) is 9.97 Å². The van der Waals surface area contributed by atoms with Crippen molar-refractivity contribution in [3.05, 3.63) is 59.2 Å². The molecule has 2 aromatic heterocycles. The fourth-order valence-corrected chi connectivity index (χ4v) is 5.19. The third kappa shape index (κ3) is 5.33. The Labute approximate surface area is 215 Å². The van der Waals surface area contributed by atoms with Crippen molar-refractivity contribution < 1.29 is 0 Å². The molecule has 2 atom stereocenters. The van der Waals surface area contributed by atoms with E-state index in [0.29, 0.717) is 12.1 Å². The van der Waals surface area contributed by atoms with Gasteiger partial charge in [-0.2, -0.15) is 0 Å². The van der Waals surface area contributed by atoms with E-state index in [1.807, 2.05) is 27.7 Å². The van der Waals surface area contributed by atoms with Gasteiger partial charge in [0, 0.05) is 11.1 Å². The van der Waals surface area contributed by atoms with E-state index in [-0.39, 0.29) is 0 Å². The number of fused-ring (bicyclic) bond motifs is 2. The molecule has 2 aromatic carbocycles. The molecule has 6 heteroatoms. The maximum Gasteiger partial charge on any atom is 0.124 e. The van der Waals surface area contributed by atoms with Gasteiger partial charge in [0.2, 0.25) is 0 Å². The molecule has 0 saturated carbocycles. The predicted octanol–water partition coefficient (Wildman–Crippen LogP) is 6.42. The lowest BCUT2D eigenvalue weighted by Crippen LogP contribution is -2.18. The minimum absolute atomic E-state index is 0.395. The number of H-pyrrole nitrogens is 2. The van der Waals surface area contributed by atoms with Crippen molar-refractivity contribution in [2.75, 3.05) is 27.2 Å². The van der Waals surface area contributed by atoms with Gasteiger partial charge < -0.3 is 9.97 Å². The molecular weight excluding hydrogens is 444 g/mol. The first kappa shape index (κ1) is 25.9. The Morgan fingerprint density at radius 1 is 0.694 bits per heavy atom. The average molecular weight is 485 g/mol. The molecule has 2 aliphatic rings. The first-order chi connectivity index (χ1) is 17.6. The van der Waals surface area contributed by atoms with Gasteiger partial charge in [0.1, 0.15) is 11.6 Å². The molecular formula is C30H40N6. The first-order valence-electron chi connectivity index (χ1n) is 13.6. The van der Waals surface area contributed by atoms with Crippen molar-refractivity contribution in [2.24, 2.45) is 0 Å². The topological polar surface area (TPSA) is 63.8 Å². The van der Waals surface area contributed by atoms with Crippen LogP contribution in [0.4, 0.5) is 0 Å². The minimum atomic E-state index is 0.395. The van der Waals surface area contributed by atoms with E-state index in [1.54, 1.807) is 0 Å². The zero-order chi connectivity index (χ0) is 25.7. The number of likely N-dealkylation sites (tertiary alicyclic amines) is 2. The van der Waals surface area contributed by atoms with Crippen LogP contribution in [0.1, 0.15) is 88.2 Å². The van der Waals surface area contributed by atoms with Gasteiger partial charge in [-0.15, -0.1) is 0 Å². The van der Waals surface area contributed by atoms with Crippen LogP contribution in [-0.4, -0.2) is 56.9 Å². The molecule has 2 fully saturated rings. The van der Waals surface area contributed by atoms with Gasteiger partial charge in [-0.1, -0.05) is 39.5 Å². The number of nitrogens with zero attached hydrogens (tertiary/aromatic N) is 4. The highest BCUT2D eigenvalue weighted by Crippen LogP contribution is 2.31. The van der Waals surface area contributed by atoms with Crippen molar-refractivity contribution in [1.82, 2.24) is 29.7 Å². The normalized spacial score (nSPS) is 19.9. The highest BCUT2D eigenvalue weighted by molar-refractivity contribution is 5.78. The summed E-state index contributed by atoms with van der Waals surface area (Å²) in [6, 6.07) is 13.3. The van der Waals surface area contributed by atoms with Crippen molar-refractivity contribution in [3.63, 3.8) is 0 Å². The second kappa shape index (κ2) is 11.7. The second-order valence-corrected chi connectivity index (χ2v) is 9.24. The van der Waals surface area contributed by atoms with Crippen LogP contribution in [0, 0.1) is 11.8 Å². The quantitative estimate of drug-likeness (QED) is 0.322. The van der Waals surface area contributed by atoms with E-state index in [1.165, 1.54) is 12.8 Å². The minimum Gasteiger partial charge on any atom is -0.341 e. The molecule has 0 radical (unpaired) electrons. The molecule has 0 bridgehead atoms. The maximum atomic E-state index is 4.82. The van der Waals surface area contributed by atoms with Crippen LogP contribution in [-0.2, 0) is 0 Å². The molecule has 4 heterocycles. The van der Waals surface area contributed by atoms with Crippen LogP contribution in [0.15, 0.2) is 36.4 Å². The Morgan fingerprint density at radius 2 is 1.11 bits per heavy atom. The number of rotatable bonds is 2. The van der Waals surface area contributed by atoms with E-state index >= 15 is 0 Å². The third-order valence-corrected chi connectivity index (χ3v) is 7.02. The maximum absolute atomic E-state index is 4.82. The number of imidazole rings is 2. The molecule has 0 aliphatic carbocycles. The molecule has 6 rings (SSSR count). The molecule has 4 aromatic rings. The summed E-state index contributed by atoms with van der Waals surface area (Å²) < 4.78 is 0. The summed E-state index contributed by atoms with van der Waals surface area (Å²) in [7, 11) is 4.35. The lowest BCUT2D eigenvalue weighted by Gasteiger charge is -2.16. The number of aromatic amines is 2. The fraction of sp³-hybridized carbons (Fsp3) is 0.467. The van der Waals surface area contributed by atoms with Gasteiger partial charge in [-0.3, -0.25) is 9.80 Å². The van der Waals surface area contributed by atoms with Crippen molar-refractivity contribution >= 4 is 22.1 Å². The molecule has 190 valence electrons. The lowest BCUT2D eigenvalue weighted by atomic mass is 10.1. The highest BCUT2D eigenvalue weighted by atomic mass is 15.2.